The van der Waals surface area contributed by atoms with Crippen molar-refractivity contribution < 1.29 is 18.3 Å². The van der Waals surface area contributed by atoms with Gasteiger partial charge in [-0.2, -0.15) is 0 Å². The van der Waals surface area contributed by atoms with Crippen molar-refractivity contribution in [3.8, 4) is 0 Å². The fraction of sp³-hybridized carbons (Fsp3) is 0.500. The molecule has 1 heterocycles. The average molecular weight is 312 g/mol. The predicted molar refractivity (Wildman–Crippen MR) is 78.7 cm³/mol. The molecule has 2 rings (SSSR count). The van der Waals surface area contributed by atoms with Gasteiger partial charge in [-0.1, -0.05) is 17.7 Å². The second-order valence-corrected chi connectivity index (χ2v) is 7.14. The number of piperidine rings is 1. The lowest BCUT2D eigenvalue weighted by atomic mass is 9.97. The van der Waals surface area contributed by atoms with Gasteiger partial charge < -0.3 is 10.0 Å². The van der Waals surface area contributed by atoms with Crippen LogP contribution >= 0.6 is 0 Å². The zero-order valence-corrected chi connectivity index (χ0v) is 12.8. The number of benzene rings is 1. The van der Waals surface area contributed by atoms with E-state index in [0.717, 1.165) is 5.56 Å². The van der Waals surface area contributed by atoms with Crippen LogP contribution in [0.2, 0.25) is 0 Å². The van der Waals surface area contributed by atoms with Crippen molar-refractivity contribution in [2.24, 2.45) is 5.92 Å². The quantitative estimate of drug-likeness (QED) is 0.885. The SMILES string of the molecule is Cc1ccc(S(=O)(=O)NCC2CCN(C(=O)O)CC2)cc1. The average Bonchev–Trinajstić information content (AvgIpc) is 2.46. The Hall–Kier alpha value is -1.60. The molecule has 1 aliphatic rings. The van der Waals surface area contributed by atoms with Crippen molar-refractivity contribution in [1.29, 1.82) is 0 Å². The van der Waals surface area contributed by atoms with Gasteiger partial charge in [0.1, 0.15) is 0 Å². The number of rotatable bonds is 4. The summed E-state index contributed by atoms with van der Waals surface area (Å²) in [7, 11) is -3.49. The van der Waals surface area contributed by atoms with Gasteiger partial charge in [-0.3, -0.25) is 0 Å². The number of aryl methyl sites for hydroxylation is 1. The number of sulfonamides is 1. The highest BCUT2D eigenvalue weighted by Gasteiger charge is 2.23. The summed E-state index contributed by atoms with van der Waals surface area (Å²) in [5, 5.41) is 8.87. The number of hydrogen-bond donors (Lipinski definition) is 2. The minimum absolute atomic E-state index is 0.181. The highest BCUT2D eigenvalue weighted by Crippen LogP contribution is 2.17. The molecule has 0 saturated carbocycles. The first-order chi connectivity index (χ1) is 9.88. The van der Waals surface area contributed by atoms with Gasteiger partial charge in [0.2, 0.25) is 10.0 Å². The van der Waals surface area contributed by atoms with Crippen molar-refractivity contribution in [2.75, 3.05) is 19.6 Å². The van der Waals surface area contributed by atoms with E-state index in [1.807, 2.05) is 6.92 Å². The molecule has 21 heavy (non-hydrogen) atoms. The number of carboxylic acid groups (broad SMARTS) is 1. The van der Waals surface area contributed by atoms with Crippen molar-refractivity contribution in [1.82, 2.24) is 9.62 Å². The molecule has 7 heteroatoms. The standard InChI is InChI=1S/C14H20N2O4S/c1-11-2-4-13(5-3-11)21(19,20)15-10-12-6-8-16(9-7-12)14(17)18/h2-5,12,15H,6-10H2,1H3,(H,17,18). The van der Waals surface area contributed by atoms with E-state index in [2.05, 4.69) is 4.72 Å². The van der Waals surface area contributed by atoms with Crippen LogP contribution < -0.4 is 4.72 Å². The van der Waals surface area contributed by atoms with Crippen LogP contribution in [-0.2, 0) is 10.0 Å². The topological polar surface area (TPSA) is 86.7 Å². The van der Waals surface area contributed by atoms with E-state index in [-0.39, 0.29) is 10.8 Å². The van der Waals surface area contributed by atoms with Gasteiger partial charge in [0.15, 0.2) is 0 Å². The van der Waals surface area contributed by atoms with E-state index in [0.29, 0.717) is 32.5 Å². The predicted octanol–water partition coefficient (Wildman–Crippen LogP) is 1.66. The van der Waals surface area contributed by atoms with E-state index < -0.39 is 16.1 Å². The van der Waals surface area contributed by atoms with E-state index in [9.17, 15) is 13.2 Å². The molecule has 0 radical (unpaired) electrons. The largest absolute Gasteiger partial charge is 0.465 e. The molecular weight excluding hydrogens is 292 g/mol. The first-order valence-corrected chi connectivity index (χ1v) is 8.41. The molecule has 1 saturated heterocycles. The summed E-state index contributed by atoms with van der Waals surface area (Å²) in [5.74, 6) is 0.181. The van der Waals surface area contributed by atoms with Crippen LogP contribution in [0.1, 0.15) is 18.4 Å². The summed E-state index contributed by atoms with van der Waals surface area (Å²) in [5.41, 5.74) is 1.01. The van der Waals surface area contributed by atoms with E-state index in [1.165, 1.54) is 4.90 Å². The summed E-state index contributed by atoms with van der Waals surface area (Å²) < 4.78 is 26.9. The molecule has 0 aliphatic carbocycles. The summed E-state index contributed by atoms with van der Waals surface area (Å²) in [4.78, 5) is 12.4. The van der Waals surface area contributed by atoms with Crippen molar-refractivity contribution >= 4 is 16.1 Å². The summed E-state index contributed by atoms with van der Waals surface area (Å²) >= 11 is 0. The Balaban J connectivity index is 1.88. The molecule has 2 N–H and O–H groups in total. The molecule has 1 amide bonds. The smallest absolute Gasteiger partial charge is 0.407 e. The van der Waals surface area contributed by atoms with Crippen LogP contribution in [0.15, 0.2) is 29.2 Å². The molecule has 0 atom stereocenters. The third kappa shape index (κ3) is 4.18. The maximum atomic E-state index is 12.1. The molecular formula is C14H20N2O4S. The molecule has 0 aromatic heterocycles. The van der Waals surface area contributed by atoms with Gasteiger partial charge in [0.25, 0.3) is 0 Å². The lowest BCUT2D eigenvalue weighted by molar-refractivity contribution is 0.125. The Morgan fingerprint density at radius 2 is 1.86 bits per heavy atom. The van der Waals surface area contributed by atoms with Gasteiger partial charge >= 0.3 is 6.09 Å². The van der Waals surface area contributed by atoms with Gasteiger partial charge in [0, 0.05) is 19.6 Å². The molecule has 1 aliphatic heterocycles. The minimum Gasteiger partial charge on any atom is -0.465 e. The van der Waals surface area contributed by atoms with E-state index in [4.69, 9.17) is 5.11 Å². The summed E-state index contributed by atoms with van der Waals surface area (Å²) in [6, 6.07) is 6.70. The van der Waals surface area contributed by atoms with E-state index >= 15 is 0 Å². The van der Waals surface area contributed by atoms with Gasteiger partial charge in [-0.15, -0.1) is 0 Å². The number of amides is 1. The maximum absolute atomic E-state index is 12.1. The molecule has 6 nitrogen and oxygen atoms in total. The highest BCUT2D eigenvalue weighted by molar-refractivity contribution is 7.89. The number of carbonyl (C=O) groups is 1. The molecule has 0 unspecified atom stereocenters. The second-order valence-electron chi connectivity index (χ2n) is 5.38. The zero-order chi connectivity index (χ0) is 15.5. The first kappa shape index (κ1) is 15.8. The van der Waals surface area contributed by atoms with Crippen LogP contribution in [0.4, 0.5) is 4.79 Å². The van der Waals surface area contributed by atoms with Crippen molar-refractivity contribution in [3.63, 3.8) is 0 Å². The molecule has 1 aromatic rings. The molecule has 0 bridgehead atoms. The number of nitrogens with one attached hydrogen (secondary N) is 1. The Morgan fingerprint density at radius 3 is 2.38 bits per heavy atom. The van der Waals surface area contributed by atoms with E-state index in [1.54, 1.807) is 24.3 Å². The van der Waals surface area contributed by atoms with Crippen LogP contribution in [0.3, 0.4) is 0 Å². The highest BCUT2D eigenvalue weighted by atomic mass is 32.2. The summed E-state index contributed by atoms with van der Waals surface area (Å²) in [6.45, 7) is 3.18. The second kappa shape index (κ2) is 6.44. The lowest BCUT2D eigenvalue weighted by Gasteiger charge is -2.29. The normalized spacial score (nSPS) is 16.9. The molecule has 1 fully saturated rings. The molecule has 0 spiro atoms. The Morgan fingerprint density at radius 1 is 1.29 bits per heavy atom. The molecule has 1 aromatic carbocycles. The van der Waals surface area contributed by atoms with Crippen LogP contribution in [-0.4, -0.2) is 44.2 Å². The number of hydrogen-bond acceptors (Lipinski definition) is 3. The summed E-state index contributed by atoms with van der Waals surface area (Å²) in [6.07, 6.45) is 0.458. The maximum Gasteiger partial charge on any atom is 0.407 e. The lowest BCUT2D eigenvalue weighted by Crippen LogP contribution is -2.40. The first-order valence-electron chi connectivity index (χ1n) is 6.93. The van der Waals surface area contributed by atoms with Crippen molar-refractivity contribution in [2.45, 2.75) is 24.7 Å². The van der Waals surface area contributed by atoms with Gasteiger partial charge in [-0.25, -0.2) is 17.9 Å². The van der Waals surface area contributed by atoms with Gasteiger partial charge in [0.05, 0.1) is 4.90 Å². The fourth-order valence-corrected chi connectivity index (χ4v) is 3.47. The monoisotopic (exact) mass is 312 g/mol. The minimum atomic E-state index is -3.49. The third-order valence-electron chi connectivity index (χ3n) is 3.78. The van der Waals surface area contributed by atoms with Gasteiger partial charge in [-0.05, 0) is 37.8 Å². The Bertz CT molecular complexity index is 590. The molecule has 116 valence electrons. The van der Waals surface area contributed by atoms with Crippen LogP contribution in [0, 0.1) is 12.8 Å². The van der Waals surface area contributed by atoms with Crippen molar-refractivity contribution in [3.05, 3.63) is 29.8 Å². The number of likely N-dealkylation sites (tertiary alicyclic amines) is 1. The van der Waals surface area contributed by atoms with Crippen LogP contribution in [0.25, 0.3) is 0 Å². The Labute approximate surface area is 124 Å². The fourth-order valence-electron chi connectivity index (χ4n) is 2.36. The third-order valence-corrected chi connectivity index (χ3v) is 5.22. The number of nitrogens with zero attached hydrogens (tertiary/aromatic N) is 1. The zero-order valence-electron chi connectivity index (χ0n) is 11.9. The Kier molecular flexibility index (Phi) is 4.84. The van der Waals surface area contributed by atoms with Crippen LogP contribution in [0.5, 0.6) is 0 Å².